The van der Waals surface area contributed by atoms with Crippen LogP contribution in [0.2, 0.25) is 0 Å². The highest BCUT2D eigenvalue weighted by atomic mass is 16.5. The fraction of sp³-hybridized carbons (Fsp3) is 0.227. The van der Waals surface area contributed by atoms with Crippen LogP contribution < -0.4 is 18.9 Å². The monoisotopic (exact) mass is 407 g/mol. The van der Waals surface area contributed by atoms with Crippen molar-refractivity contribution in [2.24, 2.45) is 0 Å². The molecule has 0 fully saturated rings. The number of aromatic nitrogens is 3. The zero-order valence-electron chi connectivity index (χ0n) is 17.1. The third-order valence-electron chi connectivity index (χ3n) is 4.53. The molecule has 30 heavy (non-hydrogen) atoms. The smallest absolute Gasteiger partial charge is 0.258 e. The average molecular weight is 407 g/mol. The van der Waals surface area contributed by atoms with E-state index in [0.29, 0.717) is 46.8 Å². The van der Waals surface area contributed by atoms with E-state index in [1.807, 2.05) is 31.2 Å². The molecule has 8 heteroatoms. The lowest BCUT2D eigenvalue weighted by Crippen LogP contribution is -1.98. The summed E-state index contributed by atoms with van der Waals surface area (Å²) in [5.74, 6) is 3.11. The van der Waals surface area contributed by atoms with Crippen molar-refractivity contribution >= 4 is 10.9 Å². The highest BCUT2D eigenvalue weighted by Crippen LogP contribution is 2.34. The molecule has 0 atom stereocenters. The lowest BCUT2D eigenvalue weighted by Gasteiger charge is -2.09. The second kappa shape index (κ2) is 8.28. The van der Waals surface area contributed by atoms with Gasteiger partial charge in [-0.25, -0.2) is 4.98 Å². The molecular weight excluding hydrogens is 386 g/mol. The third kappa shape index (κ3) is 3.71. The van der Waals surface area contributed by atoms with Crippen molar-refractivity contribution in [1.82, 2.24) is 15.1 Å². The minimum atomic E-state index is 0.329. The molecule has 4 rings (SSSR count). The van der Waals surface area contributed by atoms with Gasteiger partial charge in [0.2, 0.25) is 11.7 Å². The minimum Gasteiger partial charge on any atom is -0.497 e. The maximum Gasteiger partial charge on any atom is 0.258 e. The van der Waals surface area contributed by atoms with Crippen molar-refractivity contribution < 1.29 is 23.5 Å². The van der Waals surface area contributed by atoms with Crippen molar-refractivity contribution in [2.45, 2.75) is 6.92 Å². The molecule has 0 aliphatic heterocycles. The van der Waals surface area contributed by atoms with Gasteiger partial charge in [-0.05, 0) is 43.3 Å². The first-order valence-corrected chi connectivity index (χ1v) is 9.34. The number of rotatable bonds is 7. The number of nitrogens with zero attached hydrogens (tertiary/aromatic N) is 3. The van der Waals surface area contributed by atoms with Crippen LogP contribution in [0.25, 0.3) is 33.7 Å². The summed E-state index contributed by atoms with van der Waals surface area (Å²) in [4.78, 5) is 9.17. The van der Waals surface area contributed by atoms with Crippen LogP contribution in [-0.2, 0) is 0 Å². The number of fused-ring (bicyclic) bond motifs is 1. The van der Waals surface area contributed by atoms with E-state index in [1.54, 1.807) is 39.5 Å². The van der Waals surface area contributed by atoms with E-state index in [1.165, 1.54) is 0 Å². The molecule has 0 N–H and O–H groups in total. The van der Waals surface area contributed by atoms with Crippen molar-refractivity contribution in [3.63, 3.8) is 0 Å². The van der Waals surface area contributed by atoms with Gasteiger partial charge in [0.1, 0.15) is 17.2 Å². The van der Waals surface area contributed by atoms with Gasteiger partial charge in [0.15, 0.2) is 0 Å². The highest BCUT2D eigenvalue weighted by molar-refractivity contribution is 5.86. The molecule has 2 aromatic carbocycles. The average Bonchev–Trinajstić information content (AvgIpc) is 3.28. The molecule has 2 heterocycles. The zero-order valence-corrected chi connectivity index (χ0v) is 17.1. The summed E-state index contributed by atoms with van der Waals surface area (Å²) in [6, 6.07) is 12.9. The molecule has 0 saturated heterocycles. The van der Waals surface area contributed by atoms with E-state index in [4.69, 9.17) is 23.5 Å². The molecule has 0 unspecified atom stereocenters. The Balaban J connectivity index is 1.81. The molecule has 154 valence electrons. The Bertz CT molecular complexity index is 1170. The lowest BCUT2D eigenvalue weighted by molar-refractivity contribution is 0.329. The highest BCUT2D eigenvalue weighted by Gasteiger charge is 2.18. The van der Waals surface area contributed by atoms with E-state index in [0.717, 1.165) is 16.7 Å². The Labute approximate surface area is 173 Å². The van der Waals surface area contributed by atoms with Crippen LogP contribution in [0.4, 0.5) is 0 Å². The van der Waals surface area contributed by atoms with E-state index in [9.17, 15) is 0 Å². The van der Waals surface area contributed by atoms with Gasteiger partial charge in [-0.15, -0.1) is 0 Å². The minimum absolute atomic E-state index is 0.329. The molecule has 0 bridgehead atoms. The SMILES string of the molecule is CCOc1nc2ccc(OC)cc2cc1-c1noc(-c2cc(OC)cc(OC)c2)n1. The van der Waals surface area contributed by atoms with Gasteiger partial charge in [0.05, 0.1) is 39.0 Å². The second-order valence-corrected chi connectivity index (χ2v) is 6.36. The van der Waals surface area contributed by atoms with E-state index in [2.05, 4.69) is 15.1 Å². The molecule has 0 amide bonds. The number of pyridine rings is 1. The Morgan fingerprint density at radius 3 is 2.23 bits per heavy atom. The van der Waals surface area contributed by atoms with E-state index >= 15 is 0 Å². The number of hydrogen-bond donors (Lipinski definition) is 0. The van der Waals surface area contributed by atoms with Gasteiger partial charge in [0.25, 0.3) is 5.89 Å². The maximum absolute atomic E-state index is 5.74. The van der Waals surface area contributed by atoms with E-state index in [-0.39, 0.29) is 0 Å². The molecule has 0 aliphatic carbocycles. The maximum atomic E-state index is 5.74. The third-order valence-corrected chi connectivity index (χ3v) is 4.53. The van der Waals surface area contributed by atoms with Gasteiger partial charge < -0.3 is 23.5 Å². The van der Waals surface area contributed by atoms with Crippen molar-refractivity contribution in [3.8, 4) is 46.0 Å². The predicted octanol–water partition coefficient (Wildman–Crippen LogP) is 4.38. The first-order chi connectivity index (χ1) is 14.6. The van der Waals surface area contributed by atoms with Crippen molar-refractivity contribution in [3.05, 3.63) is 42.5 Å². The zero-order chi connectivity index (χ0) is 21.1. The van der Waals surface area contributed by atoms with Crippen LogP contribution >= 0.6 is 0 Å². The molecule has 8 nitrogen and oxygen atoms in total. The van der Waals surface area contributed by atoms with Gasteiger partial charge in [0, 0.05) is 17.0 Å². The Kier molecular flexibility index (Phi) is 5.38. The standard InChI is InChI=1S/C22H21N3O5/c1-5-29-22-18(11-13-8-15(26-2)6-7-19(13)23-22)20-24-21(30-25-20)14-9-16(27-3)12-17(10-14)28-4/h6-12H,5H2,1-4H3. The summed E-state index contributed by atoms with van der Waals surface area (Å²) in [5.41, 5.74) is 2.09. The first-order valence-electron chi connectivity index (χ1n) is 9.34. The molecule has 4 aromatic rings. The molecule has 2 aromatic heterocycles. The van der Waals surface area contributed by atoms with Crippen LogP contribution in [0.5, 0.6) is 23.1 Å². The van der Waals surface area contributed by atoms with Gasteiger partial charge in [-0.1, -0.05) is 5.16 Å². The summed E-state index contributed by atoms with van der Waals surface area (Å²) >= 11 is 0. The summed E-state index contributed by atoms with van der Waals surface area (Å²) in [7, 11) is 4.79. The summed E-state index contributed by atoms with van der Waals surface area (Å²) < 4.78 is 27.2. The van der Waals surface area contributed by atoms with Crippen LogP contribution in [-0.4, -0.2) is 43.1 Å². The normalized spacial score (nSPS) is 10.8. The van der Waals surface area contributed by atoms with Crippen molar-refractivity contribution in [1.29, 1.82) is 0 Å². The fourth-order valence-electron chi connectivity index (χ4n) is 3.05. The fourth-order valence-corrected chi connectivity index (χ4v) is 3.05. The Morgan fingerprint density at radius 1 is 0.833 bits per heavy atom. The molecule has 0 radical (unpaired) electrons. The van der Waals surface area contributed by atoms with Crippen LogP contribution in [0.1, 0.15) is 6.92 Å². The summed E-state index contributed by atoms with van der Waals surface area (Å²) in [5, 5.41) is 5.02. The predicted molar refractivity (Wildman–Crippen MR) is 111 cm³/mol. The quantitative estimate of drug-likeness (QED) is 0.446. The van der Waals surface area contributed by atoms with E-state index < -0.39 is 0 Å². The van der Waals surface area contributed by atoms with Crippen molar-refractivity contribution in [2.75, 3.05) is 27.9 Å². The molecule has 0 saturated carbocycles. The van der Waals surface area contributed by atoms with Gasteiger partial charge in [-0.3, -0.25) is 0 Å². The summed E-state index contributed by atoms with van der Waals surface area (Å²) in [6.07, 6.45) is 0. The number of hydrogen-bond acceptors (Lipinski definition) is 8. The first kappa shape index (κ1) is 19.5. The molecule has 0 aliphatic rings. The molecule has 0 spiro atoms. The Hall–Kier alpha value is -3.81. The Morgan fingerprint density at radius 2 is 1.57 bits per heavy atom. The topological polar surface area (TPSA) is 88.7 Å². The van der Waals surface area contributed by atoms with Crippen LogP contribution in [0.15, 0.2) is 47.0 Å². The number of benzene rings is 2. The van der Waals surface area contributed by atoms with Crippen LogP contribution in [0.3, 0.4) is 0 Å². The summed E-state index contributed by atoms with van der Waals surface area (Å²) in [6.45, 7) is 2.35. The number of ether oxygens (including phenoxy) is 4. The van der Waals surface area contributed by atoms with Gasteiger partial charge in [-0.2, -0.15) is 4.98 Å². The largest absolute Gasteiger partial charge is 0.497 e. The second-order valence-electron chi connectivity index (χ2n) is 6.36. The molecular formula is C22H21N3O5. The van der Waals surface area contributed by atoms with Gasteiger partial charge >= 0.3 is 0 Å². The lowest BCUT2D eigenvalue weighted by atomic mass is 10.1. The number of methoxy groups -OCH3 is 3. The van der Waals surface area contributed by atoms with Crippen LogP contribution in [0, 0.1) is 0 Å².